The second kappa shape index (κ2) is 5.40. The van der Waals surface area contributed by atoms with Crippen LogP contribution in [-0.2, 0) is 6.54 Å². The first kappa shape index (κ1) is 13.4. The van der Waals surface area contributed by atoms with E-state index in [1.54, 1.807) is 6.20 Å². The maximum absolute atomic E-state index is 4.58. The molecule has 108 valence electrons. The van der Waals surface area contributed by atoms with Gasteiger partial charge in [0.25, 0.3) is 0 Å². The Bertz CT molecular complexity index is 747. The van der Waals surface area contributed by atoms with Gasteiger partial charge in [0.15, 0.2) is 0 Å². The molecule has 0 aliphatic rings. The van der Waals surface area contributed by atoms with Crippen LogP contribution in [0.3, 0.4) is 0 Å². The molecule has 3 rings (SSSR count). The van der Waals surface area contributed by atoms with Gasteiger partial charge in [0.1, 0.15) is 11.5 Å². The summed E-state index contributed by atoms with van der Waals surface area (Å²) in [6, 6.07) is 7.92. The number of nitrogens with one attached hydrogen (secondary N) is 2. The minimum atomic E-state index is 0.629. The summed E-state index contributed by atoms with van der Waals surface area (Å²) in [5.41, 5.74) is 2.88. The zero-order valence-corrected chi connectivity index (χ0v) is 12.4. The van der Waals surface area contributed by atoms with Gasteiger partial charge in [0.05, 0.1) is 17.6 Å². The highest BCUT2D eigenvalue weighted by Gasteiger charge is 2.11. The predicted molar refractivity (Wildman–Crippen MR) is 84.5 cm³/mol. The number of hydrogen-bond acceptors (Lipinski definition) is 5. The molecule has 0 amide bonds. The Hall–Kier alpha value is -2.63. The molecule has 0 spiro atoms. The third kappa shape index (κ3) is 2.79. The molecule has 0 aliphatic heterocycles. The van der Waals surface area contributed by atoms with Crippen LogP contribution >= 0.6 is 0 Å². The van der Waals surface area contributed by atoms with Crippen LogP contribution in [0, 0.1) is 6.92 Å². The Morgan fingerprint density at radius 1 is 1.24 bits per heavy atom. The van der Waals surface area contributed by atoms with E-state index in [0.29, 0.717) is 12.5 Å². The van der Waals surface area contributed by atoms with Crippen molar-refractivity contribution >= 4 is 22.8 Å². The van der Waals surface area contributed by atoms with E-state index in [9.17, 15) is 0 Å². The van der Waals surface area contributed by atoms with Crippen LogP contribution in [0.5, 0.6) is 0 Å². The number of anilines is 2. The molecule has 0 fully saturated rings. The molecule has 0 radical (unpaired) electrons. The van der Waals surface area contributed by atoms with Crippen LogP contribution in [0.25, 0.3) is 11.0 Å². The normalized spacial score (nSPS) is 10.8. The van der Waals surface area contributed by atoms with Crippen molar-refractivity contribution < 1.29 is 0 Å². The molecule has 0 saturated carbocycles. The van der Waals surface area contributed by atoms with Crippen LogP contribution in [0.4, 0.5) is 11.8 Å². The van der Waals surface area contributed by atoms with E-state index in [1.807, 2.05) is 44.1 Å². The standard InChI is InChI=1S/C15H18N6/c1-10-8-12-13(17-9-11-6-4-5-7-16-11)19-15(21(2)3)20-14(12)18-10/h4-8H,9H2,1-3H3,(H2,17,18,19,20). The van der Waals surface area contributed by atoms with Crippen molar-refractivity contribution in [1.82, 2.24) is 19.9 Å². The molecule has 0 bridgehead atoms. The highest BCUT2D eigenvalue weighted by atomic mass is 15.2. The smallest absolute Gasteiger partial charge is 0.228 e. The maximum atomic E-state index is 4.58. The number of aromatic amines is 1. The van der Waals surface area contributed by atoms with Gasteiger partial charge in [-0.2, -0.15) is 9.97 Å². The largest absolute Gasteiger partial charge is 0.364 e. The van der Waals surface area contributed by atoms with E-state index >= 15 is 0 Å². The van der Waals surface area contributed by atoms with E-state index < -0.39 is 0 Å². The lowest BCUT2D eigenvalue weighted by Gasteiger charge is -2.13. The number of rotatable bonds is 4. The highest BCUT2D eigenvalue weighted by Crippen LogP contribution is 2.24. The molecule has 0 unspecified atom stereocenters. The van der Waals surface area contributed by atoms with E-state index in [4.69, 9.17) is 0 Å². The maximum Gasteiger partial charge on any atom is 0.228 e. The number of aryl methyl sites for hydroxylation is 1. The molecule has 3 aromatic heterocycles. The van der Waals surface area contributed by atoms with Gasteiger partial charge in [-0.05, 0) is 25.1 Å². The van der Waals surface area contributed by atoms with Crippen molar-refractivity contribution in [2.75, 3.05) is 24.3 Å². The summed E-state index contributed by atoms with van der Waals surface area (Å²) in [7, 11) is 3.86. The predicted octanol–water partition coefficient (Wildman–Crippen LogP) is 2.34. The number of fused-ring (bicyclic) bond motifs is 1. The fourth-order valence-corrected chi connectivity index (χ4v) is 2.14. The Morgan fingerprint density at radius 2 is 2.10 bits per heavy atom. The van der Waals surface area contributed by atoms with Gasteiger partial charge in [-0.15, -0.1) is 0 Å². The summed E-state index contributed by atoms with van der Waals surface area (Å²) in [4.78, 5) is 18.6. The van der Waals surface area contributed by atoms with Crippen molar-refractivity contribution in [3.63, 3.8) is 0 Å². The molecule has 0 atom stereocenters. The van der Waals surface area contributed by atoms with Gasteiger partial charge < -0.3 is 15.2 Å². The average molecular weight is 282 g/mol. The molecule has 0 saturated heterocycles. The SMILES string of the molecule is Cc1cc2c(NCc3ccccn3)nc(N(C)C)nc2[nH]1. The second-order valence-electron chi connectivity index (χ2n) is 5.16. The van der Waals surface area contributed by atoms with Gasteiger partial charge >= 0.3 is 0 Å². The van der Waals surface area contributed by atoms with E-state index in [1.165, 1.54) is 0 Å². The van der Waals surface area contributed by atoms with Gasteiger partial charge in [0, 0.05) is 26.0 Å². The quantitative estimate of drug-likeness (QED) is 0.768. The van der Waals surface area contributed by atoms with Crippen LogP contribution in [0.1, 0.15) is 11.4 Å². The lowest BCUT2D eigenvalue weighted by atomic mass is 10.3. The summed E-state index contributed by atoms with van der Waals surface area (Å²) in [5, 5.41) is 4.35. The lowest BCUT2D eigenvalue weighted by molar-refractivity contribution is 0.989. The summed E-state index contributed by atoms with van der Waals surface area (Å²) < 4.78 is 0. The third-order valence-corrected chi connectivity index (χ3v) is 3.17. The fraction of sp³-hybridized carbons (Fsp3) is 0.267. The zero-order valence-electron chi connectivity index (χ0n) is 12.4. The topological polar surface area (TPSA) is 69.7 Å². The second-order valence-corrected chi connectivity index (χ2v) is 5.16. The number of pyridine rings is 1. The first-order valence-electron chi connectivity index (χ1n) is 6.82. The van der Waals surface area contributed by atoms with E-state index in [-0.39, 0.29) is 0 Å². The average Bonchev–Trinajstić information content (AvgIpc) is 2.86. The molecule has 3 heterocycles. The minimum Gasteiger partial charge on any atom is -0.364 e. The van der Waals surface area contributed by atoms with Crippen molar-refractivity contribution in [2.24, 2.45) is 0 Å². The Labute approximate surface area is 123 Å². The van der Waals surface area contributed by atoms with Crippen molar-refractivity contribution in [3.05, 3.63) is 41.9 Å². The van der Waals surface area contributed by atoms with Gasteiger partial charge in [-0.3, -0.25) is 4.98 Å². The monoisotopic (exact) mass is 282 g/mol. The number of aromatic nitrogens is 4. The Kier molecular flexibility index (Phi) is 3.43. The summed E-state index contributed by atoms with van der Waals surface area (Å²) in [5.74, 6) is 1.49. The molecule has 3 aromatic rings. The number of H-pyrrole nitrogens is 1. The lowest BCUT2D eigenvalue weighted by Crippen LogP contribution is -2.14. The zero-order chi connectivity index (χ0) is 14.8. The van der Waals surface area contributed by atoms with Crippen molar-refractivity contribution in [3.8, 4) is 0 Å². The van der Waals surface area contributed by atoms with E-state index in [2.05, 4.69) is 31.3 Å². The van der Waals surface area contributed by atoms with Crippen molar-refractivity contribution in [2.45, 2.75) is 13.5 Å². The summed E-state index contributed by atoms with van der Waals surface area (Å²) >= 11 is 0. The van der Waals surface area contributed by atoms with Crippen LogP contribution < -0.4 is 10.2 Å². The molecule has 0 aromatic carbocycles. The van der Waals surface area contributed by atoms with Crippen molar-refractivity contribution in [1.29, 1.82) is 0 Å². The molecule has 0 aliphatic carbocycles. The third-order valence-electron chi connectivity index (χ3n) is 3.17. The van der Waals surface area contributed by atoms with Crippen LogP contribution in [-0.4, -0.2) is 34.0 Å². The Balaban J connectivity index is 1.95. The van der Waals surface area contributed by atoms with Crippen LogP contribution in [0.15, 0.2) is 30.5 Å². The first-order valence-corrected chi connectivity index (χ1v) is 6.82. The molecular formula is C15H18N6. The highest BCUT2D eigenvalue weighted by molar-refractivity contribution is 5.88. The summed E-state index contributed by atoms with van der Waals surface area (Å²) in [6.45, 7) is 2.64. The van der Waals surface area contributed by atoms with Gasteiger partial charge in [-0.1, -0.05) is 6.07 Å². The summed E-state index contributed by atoms with van der Waals surface area (Å²) in [6.07, 6.45) is 1.79. The molecule has 6 heteroatoms. The number of hydrogen-bond donors (Lipinski definition) is 2. The van der Waals surface area contributed by atoms with Crippen LogP contribution in [0.2, 0.25) is 0 Å². The van der Waals surface area contributed by atoms with E-state index in [0.717, 1.165) is 28.2 Å². The fourth-order valence-electron chi connectivity index (χ4n) is 2.14. The van der Waals surface area contributed by atoms with Gasteiger partial charge in [-0.25, -0.2) is 0 Å². The molecule has 6 nitrogen and oxygen atoms in total. The van der Waals surface area contributed by atoms with Gasteiger partial charge in [0.2, 0.25) is 5.95 Å². The molecular weight excluding hydrogens is 264 g/mol. The number of nitrogens with zero attached hydrogens (tertiary/aromatic N) is 4. The molecule has 2 N–H and O–H groups in total. The minimum absolute atomic E-state index is 0.629. The first-order chi connectivity index (χ1) is 10.1. The Morgan fingerprint density at radius 3 is 2.81 bits per heavy atom. The molecule has 21 heavy (non-hydrogen) atoms.